The van der Waals surface area contributed by atoms with E-state index in [1.807, 2.05) is 50.2 Å². The van der Waals surface area contributed by atoms with E-state index in [0.29, 0.717) is 6.54 Å². The van der Waals surface area contributed by atoms with Crippen LogP contribution in [0.1, 0.15) is 43.2 Å². The van der Waals surface area contributed by atoms with Gasteiger partial charge in [-0.2, -0.15) is 0 Å². The Morgan fingerprint density at radius 2 is 1.83 bits per heavy atom. The highest BCUT2D eigenvalue weighted by molar-refractivity contribution is 7.10. The maximum atomic E-state index is 12.9. The lowest BCUT2D eigenvalue weighted by Gasteiger charge is -2.28. The first-order chi connectivity index (χ1) is 14.5. The van der Waals surface area contributed by atoms with Crippen molar-refractivity contribution < 1.29 is 14.3 Å². The van der Waals surface area contributed by atoms with Gasteiger partial charge in [0.25, 0.3) is 0 Å². The molecule has 1 unspecified atom stereocenters. The van der Waals surface area contributed by atoms with E-state index in [-0.39, 0.29) is 24.5 Å². The van der Waals surface area contributed by atoms with Crippen LogP contribution in [0.25, 0.3) is 0 Å². The van der Waals surface area contributed by atoms with Crippen LogP contribution in [0.5, 0.6) is 0 Å². The predicted molar refractivity (Wildman–Crippen MR) is 119 cm³/mol. The summed E-state index contributed by atoms with van der Waals surface area (Å²) in [4.78, 5) is 28.8. The molecular formula is C23H31N3O3S. The third-order valence-electron chi connectivity index (χ3n) is 5.36. The lowest BCUT2D eigenvalue weighted by molar-refractivity contribution is -0.124. The molecule has 1 fully saturated rings. The Hall–Kier alpha value is -2.38. The van der Waals surface area contributed by atoms with Gasteiger partial charge in [0.1, 0.15) is 12.6 Å². The van der Waals surface area contributed by atoms with Gasteiger partial charge >= 0.3 is 6.09 Å². The molecule has 2 N–H and O–H groups in total. The fourth-order valence-electron chi connectivity index (χ4n) is 3.68. The maximum Gasteiger partial charge on any atom is 0.408 e. The number of nitrogens with zero attached hydrogens (tertiary/aromatic N) is 1. The average molecular weight is 430 g/mol. The molecule has 0 bridgehead atoms. The van der Waals surface area contributed by atoms with Gasteiger partial charge in [0.2, 0.25) is 5.91 Å². The van der Waals surface area contributed by atoms with Crippen LogP contribution in [0.3, 0.4) is 0 Å². The van der Waals surface area contributed by atoms with E-state index in [9.17, 15) is 9.59 Å². The third-order valence-corrected chi connectivity index (χ3v) is 6.33. The highest BCUT2D eigenvalue weighted by Crippen LogP contribution is 2.27. The molecule has 1 aliphatic rings. The zero-order chi connectivity index (χ0) is 21.3. The van der Waals surface area contributed by atoms with Gasteiger partial charge in [-0.3, -0.25) is 9.69 Å². The molecule has 0 aliphatic carbocycles. The number of nitrogens with one attached hydrogen (secondary N) is 2. The largest absolute Gasteiger partial charge is 0.445 e. The summed E-state index contributed by atoms with van der Waals surface area (Å²) in [6, 6.07) is 13.2. The molecule has 2 aromatic rings. The molecule has 6 nitrogen and oxygen atoms in total. The van der Waals surface area contributed by atoms with Crippen LogP contribution < -0.4 is 10.6 Å². The van der Waals surface area contributed by atoms with E-state index in [4.69, 9.17) is 4.74 Å². The van der Waals surface area contributed by atoms with E-state index in [0.717, 1.165) is 18.7 Å². The molecule has 2 heterocycles. The molecule has 1 aliphatic heterocycles. The molecule has 162 valence electrons. The molecule has 0 radical (unpaired) electrons. The summed E-state index contributed by atoms with van der Waals surface area (Å²) in [5.74, 6) is -0.233. The minimum Gasteiger partial charge on any atom is -0.445 e. The summed E-state index contributed by atoms with van der Waals surface area (Å²) < 4.78 is 5.29. The number of carbonyl (C=O) groups excluding carboxylic acids is 2. The minimum atomic E-state index is -0.643. The topological polar surface area (TPSA) is 70.7 Å². The van der Waals surface area contributed by atoms with Gasteiger partial charge in [-0.25, -0.2) is 4.79 Å². The van der Waals surface area contributed by atoms with Crippen molar-refractivity contribution in [1.29, 1.82) is 0 Å². The number of alkyl carbamates (subject to hydrolysis) is 1. The zero-order valence-electron chi connectivity index (χ0n) is 17.7. The van der Waals surface area contributed by atoms with Crippen molar-refractivity contribution in [1.82, 2.24) is 15.5 Å². The van der Waals surface area contributed by atoms with Gasteiger partial charge < -0.3 is 15.4 Å². The summed E-state index contributed by atoms with van der Waals surface area (Å²) in [7, 11) is 0. The first kappa shape index (κ1) is 22.3. The van der Waals surface area contributed by atoms with E-state index >= 15 is 0 Å². The van der Waals surface area contributed by atoms with Crippen LogP contribution in [0.15, 0.2) is 47.8 Å². The number of amides is 2. The van der Waals surface area contributed by atoms with Crippen LogP contribution in [0.2, 0.25) is 0 Å². The molecule has 1 aromatic carbocycles. The lowest BCUT2D eigenvalue weighted by Crippen LogP contribution is -2.51. The summed E-state index contributed by atoms with van der Waals surface area (Å²) in [6.45, 7) is 6.64. The molecule has 3 rings (SSSR count). The van der Waals surface area contributed by atoms with Crippen molar-refractivity contribution >= 4 is 23.3 Å². The van der Waals surface area contributed by atoms with Crippen molar-refractivity contribution in [3.05, 3.63) is 58.3 Å². The Labute approximate surface area is 182 Å². The van der Waals surface area contributed by atoms with Gasteiger partial charge in [-0.1, -0.05) is 50.2 Å². The number of rotatable bonds is 9. The summed E-state index contributed by atoms with van der Waals surface area (Å²) in [5.41, 5.74) is 0.905. The molecular weight excluding hydrogens is 398 g/mol. The quantitative estimate of drug-likeness (QED) is 0.633. The Balaban J connectivity index is 1.54. The minimum absolute atomic E-state index is 0.0544. The molecule has 2 amide bonds. The van der Waals surface area contributed by atoms with E-state index < -0.39 is 12.1 Å². The number of thiophene rings is 1. The first-order valence-electron chi connectivity index (χ1n) is 10.6. The van der Waals surface area contributed by atoms with Crippen LogP contribution in [0, 0.1) is 5.92 Å². The summed E-state index contributed by atoms with van der Waals surface area (Å²) >= 11 is 1.72. The van der Waals surface area contributed by atoms with Gasteiger partial charge in [0, 0.05) is 11.4 Å². The van der Waals surface area contributed by atoms with E-state index in [1.165, 1.54) is 17.7 Å². The number of likely N-dealkylation sites (tertiary alicyclic amines) is 1. The third kappa shape index (κ3) is 6.31. The molecule has 1 aromatic heterocycles. The maximum absolute atomic E-state index is 12.9. The van der Waals surface area contributed by atoms with E-state index in [1.54, 1.807) is 11.3 Å². The first-order valence-corrected chi connectivity index (χ1v) is 11.4. The van der Waals surface area contributed by atoms with Gasteiger partial charge in [0.05, 0.1) is 6.04 Å². The van der Waals surface area contributed by atoms with Gasteiger partial charge in [-0.05, 0) is 48.9 Å². The Bertz CT molecular complexity index is 789. The number of hydrogen-bond donors (Lipinski definition) is 2. The average Bonchev–Trinajstić information content (AvgIpc) is 3.46. The second-order valence-corrected chi connectivity index (χ2v) is 8.93. The normalized spacial score (nSPS) is 16.2. The van der Waals surface area contributed by atoms with Crippen LogP contribution in [-0.4, -0.2) is 42.6 Å². The number of ether oxygens (including phenoxy) is 1. The predicted octanol–water partition coefficient (Wildman–Crippen LogP) is 3.95. The molecule has 1 saturated heterocycles. The van der Waals surface area contributed by atoms with Crippen LogP contribution >= 0.6 is 11.3 Å². The fourth-order valence-corrected chi connectivity index (χ4v) is 4.54. The van der Waals surface area contributed by atoms with Crippen molar-refractivity contribution in [3.63, 3.8) is 0 Å². The van der Waals surface area contributed by atoms with E-state index in [2.05, 4.69) is 27.0 Å². The summed E-state index contributed by atoms with van der Waals surface area (Å²) in [5, 5.41) is 7.87. The van der Waals surface area contributed by atoms with Crippen LogP contribution in [-0.2, 0) is 16.1 Å². The molecule has 2 atom stereocenters. The Morgan fingerprint density at radius 1 is 1.10 bits per heavy atom. The van der Waals surface area contributed by atoms with Gasteiger partial charge in [0.15, 0.2) is 0 Å². The molecule has 30 heavy (non-hydrogen) atoms. The van der Waals surface area contributed by atoms with Gasteiger partial charge in [-0.15, -0.1) is 11.3 Å². The standard InChI is InChI=1S/C23H31N3O3S/c1-17(2)21(25-23(28)29-16-18-9-4-3-5-10-18)22(27)24-15-19(20-11-8-14-30-20)26-12-6-7-13-26/h3-5,8-11,14,17,19,21H,6-7,12-13,15-16H2,1-2H3,(H,24,27)(H,25,28)/t19?,21-/m0/s1. The molecule has 7 heteroatoms. The van der Waals surface area contributed by atoms with Crippen molar-refractivity contribution in [2.75, 3.05) is 19.6 Å². The smallest absolute Gasteiger partial charge is 0.408 e. The number of benzene rings is 1. The van der Waals surface area contributed by atoms with Crippen LogP contribution in [0.4, 0.5) is 4.79 Å². The number of carbonyl (C=O) groups is 2. The summed E-state index contributed by atoms with van der Waals surface area (Å²) in [6.07, 6.45) is 1.81. The highest BCUT2D eigenvalue weighted by atomic mass is 32.1. The SMILES string of the molecule is CC(C)[C@H](NC(=O)OCc1ccccc1)C(=O)NCC(c1cccs1)N1CCCC1. The second-order valence-electron chi connectivity index (χ2n) is 7.95. The fraction of sp³-hybridized carbons (Fsp3) is 0.478. The monoisotopic (exact) mass is 429 g/mol. The Morgan fingerprint density at radius 3 is 2.47 bits per heavy atom. The molecule has 0 saturated carbocycles. The van der Waals surface area contributed by atoms with Crippen molar-refractivity contribution in [2.24, 2.45) is 5.92 Å². The Kier molecular flexibility index (Phi) is 8.28. The zero-order valence-corrected chi connectivity index (χ0v) is 18.5. The van der Waals surface area contributed by atoms with Crippen molar-refractivity contribution in [3.8, 4) is 0 Å². The number of hydrogen-bond acceptors (Lipinski definition) is 5. The lowest BCUT2D eigenvalue weighted by atomic mass is 10.0. The highest BCUT2D eigenvalue weighted by Gasteiger charge is 2.28. The van der Waals surface area contributed by atoms with Crippen molar-refractivity contribution in [2.45, 2.75) is 45.4 Å². The molecule has 0 spiro atoms. The second kappa shape index (κ2) is 11.1.